The first-order valence-corrected chi connectivity index (χ1v) is 9.26. The second kappa shape index (κ2) is 6.94. The number of benzene rings is 1. The second-order valence-corrected chi connectivity index (χ2v) is 7.87. The monoisotopic (exact) mass is 394 g/mol. The molecule has 2 aromatic heterocycles. The number of quaternary nitrogens is 1. The SMILES string of the molecule is COc1cccc(-c2nccc3c2N=C[N+]3(CC(C)(C)CN)c2nonc2N)c1. The van der Waals surface area contributed by atoms with Gasteiger partial charge in [-0.3, -0.25) is 4.98 Å². The molecule has 0 amide bonds. The molecule has 1 unspecified atom stereocenters. The average Bonchev–Trinajstić information content (AvgIpc) is 3.32. The van der Waals surface area contributed by atoms with Gasteiger partial charge in [0, 0.05) is 34.9 Å². The Balaban J connectivity index is 1.92. The number of anilines is 1. The summed E-state index contributed by atoms with van der Waals surface area (Å²) >= 11 is 0. The fraction of sp³-hybridized carbons (Fsp3) is 0.300. The highest BCUT2D eigenvalue weighted by atomic mass is 16.6. The van der Waals surface area contributed by atoms with E-state index in [4.69, 9.17) is 25.8 Å². The van der Waals surface area contributed by atoms with Crippen LogP contribution in [0.4, 0.5) is 23.0 Å². The van der Waals surface area contributed by atoms with Crippen molar-refractivity contribution < 1.29 is 9.37 Å². The van der Waals surface area contributed by atoms with Crippen molar-refractivity contribution in [3.05, 3.63) is 36.5 Å². The lowest BCUT2D eigenvalue weighted by Crippen LogP contribution is -2.50. The lowest BCUT2D eigenvalue weighted by Gasteiger charge is -2.34. The normalized spacial score (nSPS) is 18.1. The minimum Gasteiger partial charge on any atom is -0.497 e. The molecule has 0 radical (unpaired) electrons. The quantitative estimate of drug-likeness (QED) is 0.615. The van der Waals surface area contributed by atoms with Crippen LogP contribution in [-0.4, -0.2) is 41.8 Å². The summed E-state index contributed by atoms with van der Waals surface area (Å²) in [5.74, 6) is 1.45. The Labute approximate surface area is 168 Å². The Morgan fingerprint density at radius 2 is 2.03 bits per heavy atom. The van der Waals surface area contributed by atoms with Gasteiger partial charge in [-0.15, -0.1) is 0 Å². The molecular weight excluding hydrogens is 370 g/mol. The summed E-state index contributed by atoms with van der Waals surface area (Å²) in [6.07, 6.45) is 3.57. The molecule has 150 valence electrons. The Kier molecular flexibility index (Phi) is 4.56. The maximum absolute atomic E-state index is 6.10. The molecular formula is C20H24N7O2+. The Morgan fingerprint density at radius 3 is 2.72 bits per heavy atom. The van der Waals surface area contributed by atoms with E-state index >= 15 is 0 Å². The van der Waals surface area contributed by atoms with Crippen molar-refractivity contribution in [1.29, 1.82) is 0 Å². The van der Waals surface area contributed by atoms with Gasteiger partial charge < -0.3 is 16.2 Å². The second-order valence-electron chi connectivity index (χ2n) is 7.87. The first-order valence-electron chi connectivity index (χ1n) is 9.26. The predicted octanol–water partition coefficient (Wildman–Crippen LogP) is 3.02. The van der Waals surface area contributed by atoms with Crippen molar-refractivity contribution in [2.75, 3.05) is 25.9 Å². The highest BCUT2D eigenvalue weighted by molar-refractivity contribution is 5.99. The summed E-state index contributed by atoms with van der Waals surface area (Å²) in [6, 6.07) is 9.64. The summed E-state index contributed by atoms with van der Waals surface area (Å²) in [4.78, 5) is 9.33. The Hall–Kier alpha value is -3.30. The highest BCUT2D eigenvalue weighted by Crippen LogP contribution is 2.50. The number of hydrogen-bond acceptors (Lipinski definition) is 8. The van der Waals surface area contributed by atoms with Crippen LogP contribution in [0.1, 0.15) is 13.8 Å². The number of nitrogens with two attached hydrogens (primary N) is 2. The molecule has 9 heteroatoms. The van der Waals surface area contributed by atoms with Gasteiger partial charge in [0.1, 0.15) is 18.0 Å². The van der Waals surface area contributed by atoms with E-state index in [1.165, 1.54) is 0 Å². The lowest BCUT2D eigenvalue weighted by molar-refractivity contribution is 0.283. The van der Waals surface area contributed by atoms with E-state index in [-0.39, 0.29) is 15.7 Å². The maximum Gasteiger partial charge on any atom is 0.322 e. The zero-order chi connectivity index (χ0) is 20.6. The van der Waals surface area contributed by atoms with Gasteiger partial charge in [0.25, 0.3) is 5.82 Å². The molecule has 3 aromatic rings. The first kappa shape index (κ1) is 19.0. The van der Waals surface area contributed by atoms with Gasteiger partial charge in [0.15, 0.2) is 11.4 Å². The van der Waals surface area contributed by atoms with Crippen LogP contribution in [0.25, 0.3) is 11.3 Å². The molecule has 1 aliphatic rings. The average molecular weight is 394 g/mol. The van der Waals surface area contributed by atoms with Gasteiger partial charge in [-0.05, 0) is 17.3 Å². The predicted molar refractivity (Wildman–Crippen MR) is 112 cm³/mol. The molecule has 0 saturated carbocycles. The highest BCUT2D eigenvalue weighted by Gasteiger charge is 2.48. The summed E-state index contributed by atoms with van der Waals surface area (Å²) in [7, 11) is 1.64. The zero-order valence-electron chi connectivity index (χ0n) is 16.7. The number of aromatic nitrogens is 3. The van der Waals surface area contributed by atoms with Crippen molar-refractivity contribution in [2.24, 2.45) is 16.1 Å². The lowest BCUT2D eigenvalue weighted by atomic mass is 9.91. The van der Waals surface area contributed by atoms with E-state index in [0.29, 0.717) is 18.9 Å². The van der Waals surface area contributed by atoms with Gasteiger partial charge in [0.2, 0.25) is 6.34 Å². The third-order valence-corrected chi connectivity index (χ3v) is 5.16. The molecule has 9 nitrogen and oxygen atoms in total. The van der Waals surface area contributed by atoms with E-state index in [2.05, 4.69) is 29.1 Å². The molecule has 1 aliphatic heterocycles. The standard InChI is InChI=1S/C20H24N7O2/c1-20(2,10-21)11-27(19-18(22)25-29-26-19)12-24-17-15(27)7-8-23-16(17)13-5-4-6-14(9-13)28-3/h4-9,12H,10-11,21H2,1-3H3,(H2,22,25)/q+1. The van der Waals surface area contributed by atoms with E-state index in [1.54, 1.807) is 13.3 Å². The third kappa shape index (κ3) is 3.14. The summed E-state index contributed by atoms with van der Waals surface area (Å²) in [5.41, 5.74) is 15.2. The van der Waals surface area contributed by atoms with Crippen molar-refractivity contribution in [1.82, 2.24) is 19.8 Å². The van der Waals surface area contributed by atoms with E-state index < -0.39 is 0 Å². The van der Waals surface area contributed by atoms with Gasteiger partial charge in [-0.25, -0.2) is 4.63 Å². The molecule has 0 bridgehead atoms. The fourth-order valence-electron chi connectivity index (χ4n) is 3.67. The van der Waals surface area contributed by atoms with Crippen LogP contribution >= 0.6 is 0 Å². The number of fused-ring (bicyclic) bond motifs is 1. The zero-order valence-corrected chi connectivity index (χ0v) is 16.7. The molecule has 0 aliphatic carbocycles. The third-order valence-electron chi connectivity index (χ3n) is 5.16. The number of methoxy groups -OCH3 is 1. The molecule has 0 saturated heterocycles. The minimum absolute atomic E-state index is 0.161. The number of nitrogen functional groups attached to an aromatic ring is 1. The summed E-state index contributed by atoms with van der Waals surface area (Å²) in [5, 5.41) is 7.89. The van der Waals surface area contributed by atoms with Crippen LogP contribution in [0.3, 0.4) is 0 Å². The molecule has 1 atom stereocenters. The van der Waals surface area contributed by atoms with Crippen LogP contribution < -0.4 is 20.7 Å². The molecule has 4 N–H and O–H groups in total. The maximum atomic E-state index is 6.10. The number of nitrogens with zero attached hydrogens (tertiary/aromatic N) is 5. The van der Waals surface area contributed by atoms with Crippen LogP contribution in [0.15, 0.2) is 46.2 Å². The van der Waals surface area contributed by atoms with E-state index in [9.17, 15) is 0 Å². The Bertz CT molecular complexity index is 1080. The van der Waals surface area contributed by atoms with Gasteiger partial charge in [-0.2, -0.15) is 9.48 Å². The smallest absolute Gasteiger partial charge is 0.322 e. The number of ether oxygens (including phenoxy) is 1. The first-order chi connectivity index (χ1) is 13.9. The molecule has 3 heterocycles. The Morgan fingerprint density at radius 1 is 1.21 bits per heavy atom. The topological polar surface area (TPSA) is 125 Å². The van der Waals surface area contributed by atoms with Gasteiger partial charge in [0.05, 0.1) is 7.11 Å². The van der Waals surface area contributed by atoms with Gasteiger partial charge >= 0.3 is 5.82 Å². The van der Waals surface area contributed by atoms with Crippen molar-refractivity contribution in [2.45, 2.75) is 13.8 Å². The largest absolute Gasteiger partial charge is 0.497 e. The number of pyridine rings is 1. The molecule has 29 heavy (non-hydrogen) atoms. The van der Waals surface area contributed by atoms with Crippen molar-refractivity contribution >= 4 is 29.3 Å². The molecule has 1 aromatic carbocycles. The van der Waals surface area contributed by atoms with Crippen molar-refractivity contribution in [3.63, 3.8) is 0 Å². The number of hydrogen-bond donors (Lipinski definition) is 2. The fourth-order valence-corrected chi connectivity index (χ4v) is 3.67. The minimum atomic E-state index is -0.224. The van der Waals surface area contributed by atoms with Crippen LogP contribution in [0, 0.1) is 5.41 Å². The van der Waals surface area contributed by atoms with Crippen LogP contribution in [-0.2, 0) is 0 Å². The van der Waals surface area contributed by atoms with E-state index in [0.717, 1.165) is 28.4 Å². The van der Waals surface area contributed by atoms with Gasteiger partial charge in [-0.1, -0.05) is 26.0 Å². The molecule has 0 spiro atoms. The number of rotatable bonds is 6. The number of aliphatic imine (C=N–C) groups is 1. The van der Waals surface area contributed by atoms with Crippen molar-refractivity contribution in [3.8, 4) is 17.0 Å². The van der Waals surface area contributed by atoms with Crippen LogP contribution in [0.2, 0.25) is 0 Å². The van der Waals surface area contributed by atoms with Crippen LogP contribution in [0.5, 0.6) is 5.75 Å². The van der Waals surface area contributed by atoms with E-state index in [1.807, 2.05) is 36.7 Å². The summed E-state index contributed by atoms with van der Waals surface area (Å²) < 4.78 is 10.4. The molecule has 4 rings (SSSR count). The molecule has 0 fully saturated rings. The summed E-state index contributed by atoms with van der Waals surface area (Å²) in [6.45, 7) is 5.24.